The molecule has 0 spiro atoms. The second kappa shape index (κ2) is 6.08. The minimum Gasteiger partial charge on any atom is -0.376 e. The minimum atomic E-state index is -2.67. The lowest BCUT2D eigenvalue weighted by Gasteiger charge is -2.10. The fraction of sp³-hybridized carbons (Fsp3) is 0.562. The molecule has 1 amide bonds. The van der Waals surface area contributed by atoms with Crippen LogP contribution in [0.15, 0.2) is 12.3 Å². The zero-order valence-corrected chi connectivity index (χ0v) is 13.0. The maximum Gasteiger partial charge on any atom is 0.280 e. The van der Waals surface area contributed by atoms with Crippen molar-refractivity contribution in [3.8, 4) is 0 Å². The summed E-state index contributed by atoms with van der Waals surface area (Å²) in [6.07, 6.45) is 2.44. The SMILES string of the molecule is O=C(NC[C@H]1CCCO1)c1cnn2c(C(F)F)cc(C3CC3)nc12. The van der Waals surface area contributed by atoms with Crippen LogP contribution >= 0.6 is 0 Å². The molecule has 0 bridgehead atoms. The highest BCUT2D eigenvalue weighted by Gasteiger charge is 2.29. The van der Waals surface area contributed by atoms with Crippen LogP contribution in [0.25, 0.3) is 5.65 Å². The van der Waals surface area contributed by atoms with Crippen LogP contribution in [0.3, 0.4) is 0 Å². The average molecular weight is 336 g/mol. The normalized spacial score (nSPS) is 20.9. The number of aromatic nitrogens is 3. The van der Waals surface area contributed by atoms with Crippen molar-refractivity contribution in [3.63, 3.8) is 0 Å². The standard InChI is InChI=1S/C16H18F2N4O2/c17-14(18)13-6-12(9-3-4-9)21-15-11(8-20-22(13)15)16(23)19-7-10-2-1-5-24-10/h6,8-10,14H,1-5,7H2,(H,19,23)/t10-/m1/s1. The molecule has 1 aliphatic carbocycles. The smallest absolute Gasteiger partial charge is 0.280 e. The van der Waals surface area contributed by atoms with Crippen molar-refractivity contribution >= 4 is 11.6 Å². The first kappa shape index (κ1) is 15.4. The monoisotopic (exact) mass is 336 g/mol. The third-order valence-electron chi connectivity index (χ3n) is 4.50. The molecule has 2 aliphatic rings. The number of ether oxygens (including phenoxy) is 1. The molecular weight excluding hydrogens is 318 g/mol. The first-order chi connectivity index (χ1) is 11.6. The molecule has 1 saturated carbocycles. The largest absolute Gasteiger partial charge is 0.376 e. The van der Waals surface area contributed by atoms with Gasteiger partial charge in [0.25, 0.3) is 12.3 Å². The number of rotatable bonds is 5. The predicted octanol–water partition coefficient (Wildman–Crippen LogP) is 2.45. The van der Waals surface area contributed by atoms with E-state index in [1.165, 1.54) is 12.3 Å². The Kier molecular flexibility index (Phi) is 3.91. The lowest BCUT2D eigenvalue weighted by Crippen LogP contribution is -2.31. The summed E-state index contributed by atoms with van der Waals surface area (Å²) in [6.45, 7) is 1.11. The highest BCUT2D eigenvalue weighted by molar-refractivity contribution is 5.99. The average Bonchev–Trinajstić information content (AvgIpc) is 3.12. The van der Waals surface area contributed by atoms with E-state index in [0.717, 1.165) is 30.2 Å². The van der Waals surface area contributed by atoms with Crippen molar-refractivity contribution < 1.29 is 18.3 Å². The van der Waals surface area contributed by atoms with Gasteiger partial charge in [-0.05, 0) is 31.7 Å². The Balaban J connectivity index is 1.63. The van der Waals surface area contributed by atoms with Crippen molar-refractivity contribution in [2.75, 3.05) is 13.2 Å². The molecule has 2 aromatic heterocycles. The van der Waals surface area contributed by atoms with Gasteiger partial charge < -0.3 is 10.1 Å². The summed E-state index contributed by atoms with van der Waals surface area (Å²) >= 11 is 0. The van der Waals surface area contributed by atoms with Gasteiger partial charge in [0, 0.05) is 24.8 Å². The number of fused-ring (bicyclic) bond motifs is 1. The quantitative estimate of drug-likeness (QED) is 0.911. The zero-order chi connectivity index (χ0) is 16.7. The molecule has 0 unspecified atom stereocenters. The number of nitrogens with one attached hydrogen (secondary N) is 1. The molecule has 1 atom stereocenters. The number of amides is 1. The molecule has 6 nitrogen and oxygen atoms in total. The first-order valence-corrected chi connectivity index (χ1v) is 8.20. The number of nitrogens with zero attached hydrogens (tertiary/aromatic N) is 3. The Hall–Kier alpha value is -2.09. The van der Waals surface area contributed by atoms with Crippen molar-refractivity contribution in [1.29, 1.82) is 0 Å². The van der Waals surface area contributed by atoms with Gasteiger partial charge in [-0.3, -0.25) is 4.79 Å². The van der Waals surface area contributed by atoms with Gasteiger partial charge >= 0.3 is 0 Å². The summed E-state index contributed by atoms with van der Waals surface area (Å²) in [6, 6.07) is 1.40. The molecule has 2 aromatic rings. The summed E-state index contributed by atoms with van der Waals surface area (Å²) in [5, 5.41) is 6.73. The second-order valence-corrected chi connectivity index (χ2v) is 6.32. The van der Waals surface area contributed by atoms with Crippen LogP contribution in [-0.2, 0) is 4.74 Å². The maximum atomic E-state index is 13.3. The van der Waals surface area contributed by atoms with Crippen LogP contribution in [0.2, 0.25) is 0 Å². The third kappa shape index (κ3) is 2.86. The Labute approximate surface area is 137 Å². The van der Waals surface area contributed by atoms with E-state index in [0.29, 0.717) is 18.8 Å². The Morgan fingerprint density at radius 2 is 2.25 bits per heavy atom. The first-order valence-electron chi connectivity index (χ1n) is 8.20. The van der Waals surface area contributed by atoms with E-state index in [1.54, 1.807) is 0 Å². The fourth-order valence-corrected chi connectivity index (χ4v) is 3.02. The van der Waals surface area contributed by atoms with Crippen LogP contribution in [0.1, 0.15) is 59.8 Å². The van der Waals surface area contributed by atoms with E-state index in [-0.39, 0.29) is 34.8 Å². The maximum absolute atomic E-state index is 13.3. The van der Waals surface area contributed by atoms with E-state index in [4.69, 9.17) is 4.74 Å². The van der Waals surface area contributed by atoms with E-state index in [2.05, 4.69) is 15.4 Å². The van der Waals surface area contributed by atoms with Crippen molar-refractivity contribution in [1.82, 2.24) is 19.9 Å². The van der Waals surface area contributed by atoms with Crippen LogP contribution in [0, 0.1) is 0 Å². The van der Waals surface area contributed by atoms with Gasteiger partial charge in [-0.15, -0.1) is 0 Å². The fourth-order valence-electron chi connectivity index (χ4n) is 3.02. The van der Waals surface area contributed by atoms with Crippen molar-refractivity contribution in [3.05, 3.63) is 29.2 Å². The van der Waals surface area contributed by atoms with Gasteiger partial charge in [0.1, 0.15) is 11.3 Å². The van der Waals surface area contributed by atoms with Crippen LogP contribution in [0.4, 0.5) is 8.78 Å². The molecule has 1 saturated heterocycles. The summed E-state index contributed by atoms with van der Waals surface area (Å²) < 4.78 is 33.2. The Bertz CT molecular complexity index is 767. The predicted molar refractivity (Wildman–Crippen MR) is 81.2 cm³/mol. The summed E-state index contributed by atoms with van der Waals surface area (Å²) in [5.74, 6) is -0.147. The summed E-state index contributed by atoms with van der Waals surface area (Å²) in [7, 11) is 0. The number of carbonyl (C=O) groups excluding carboxylic acids is 1. The summed E-state index contributed by atoms with van der Waals surface area (Å²) in [5.41, 5.74) is 0.809. The van der Waals surface area contributed by atoms with E-state index in [9.17, 15) is 13.6 Å². The molecule has 8 heteroatoms. The number of hydrogen-bond donors (Lipinski definition) is 1. The lowest BCUT2D eigenvalue weighted by atomic mass is 10.2. The van der Waals surface area contributed by atoms with Gasteiger partial charge in [0.2, 0.25) is 0 Å². The van der Waals surface area contributed by atoms with Crippen molar-refractivity contribution in [2.45, 2.75) is 44.1 Å². The van der Waals surface area contributed by atoms with Crippen LogP contribution in [0.5, 0.6) is 0 Å². The van der Waals surface area contributed by atoms with Gasteiger partial charge in [0.05, 0.1) is 12.3 Å². The molecule has 128 valence electrons. The molecular formula is C16H18F2N4O2. The van der Waals surface area contributed by atoms with E-state index < -0.39 is 6.43 Å². The molecule has 1 N–H and O–H groups in total. The molecule has 1 aliphatic heterocycles. The topological polar surface area (TPSA) is 68.5 Å². The minimum absolute atomic E-state index is 0.0161. The second-order valence-electron chi connectivity index (χ2n) is 6.32. The van der Waals surface area contributed by atoms with E-state index >= 15 is 0 Å². The highest BCUT2D eigenvalue weighted by atomic mass is 19.3. The third-order valence-corrected chi connectivity index (χ3v) is 4.50. The number of alkyl halides is 2. The summed E-state index contributed by atoms with van der Waals surface area (Å²) in [4.78, 5) is 16.8. The molecule has 4 rings (SSSR count). The lowest BCUT2D eigenvalue weighted by molar-refractivity contribution is 0.0859. The Morgan fingerprint density at radius 3 is 2.92 bits per heavy atom. The van der Waals surface area contributed by atoms with Crippen LogP contribution in [-0.4, -0.2) is 39.8 Å². The molecule has 24 heavy (non-hydrogen) atoms. The van der Waals surface area contributed by atoms with Crippen molar-refractivity contribution in [2.24, 2.45) is 0 Å². The highest BCUT2D eigenvalue weighted by Crippen LogP contribution is 2.40. The molecule has 0 aromatic carbocycles. The van der Waals surface area contributed by atoms with Gasteiger partial charge in [0.15, 0.2) is 5.65 Å². The number of hydrogen-bond acceptors (Lipinski definition) is 4. The zero-order valence-electron chi connectivity index (χ0n) is 13.0. The van der Waals surface area contributed by atoms with Gasteiger partial charge in [-0.2, -0.15) is 5.10 Å². The van der Waals surface area contributed by atoms with E-state index in [1.807, 2.05) is 0 Å². The van der Waals surface area contributed by atoms with Gasteiger partial charge in [-0.25, -0.2) is 18.3 Å². The number of carbonyl (C=O) groups is 1. The molecule has 3 heterocycles. The number of halogens is 2. The van der Waals surface area contributed by atoms with Gasteiger partial charge in [-0.1, -0.05) is 0 Å². The molecule has 0 radical (unpaired) electrons. The Morgan fingerprint density at radius 1 is 1.42 bits per heavy atom. The van der Waals surface area contributed by atoms with Crippen LogP contribution < -0.4 is 5.32 Å². The molecule has 2 fully saturated rings.